The fourth-order valence-corrected chi connectivity index (χ4v) is 3.42. The van der Waals surface area contributed by atoms with Crippen LogP contribution >= 0.6 is 0 Å². The molecule has 1 aromatic rings. The Hall–Kier alpha value is -1.26. The standard InChI is InChI=1S/C17H25NO3/c1-20-13-6-7-16-14(11-13)15(5-4-10-21-16)18-12-17(19)8-2-3-9-17/h6-7,11,15,18-19H,2-5,8-10,12H2,1H3. The zero-order valence-corrected chi connectivity index (χ0v) is 12.7. The summed E-state index contributed by atoms with van der Waals surface area (Å²) >= 11 is 0. The van der Waals surface area contributed by atoms with E-state index in [0.717, 1.165) is 62.2 Å². The molecule has 0 bridgehead atoms. The third kappa shape index (κ3) is 3.33. The Kier molecular flexibility index (Phi) is 4.36. The van der Waals surface area contributed by atoms with Gasteiger partial charge in [0.25, 0.3) is 0 Å². The Balaban J connectivity index is 1.75. The Labute approximate surface area is 126 Å². The zero-order valence-electron chi connectivity index (χ0n) is 12.7. The summed E-state index contributed by atoms with van der Waals surface area (Å²) in [6, 6.07) is 6.20. The van der Waals surface area contributed by atoms with E-state index in [2.05, 4.69) is 11.4 Å². The third-order valence-electron chi connectivity index (χ3n) is 4.70. The molecule has 0 saturated heterocycles. The average molecular weight is 291 g/mol. The van der Waals surface area contributed by atoms with E-state index in [9.17, 15) is 5.11 Å². The van der Waals surface area contributed by atoms with Crippen LogP contribution in [-0.2, 0) is 0 Å². The molecule has 1 aliphatic heterocycles. The minimum absolute atomic E-state index is 0.224. The molecule has 2 aliphatic rings. The number of nitrogens with one attached hydrogen (secondary N) is 1. The van der Waals surface area contributed by atoms with Gasteiger partial charge in [0.05, 0.1) is 19.3 Å². The molecule has 1 atom stereocenters. The molecule has 0 amide bonds. The smallest absolute Gasteiger partial charge is 0.124 e. The van der Waals surface area contributed by atoms with Crippen LogP contribution in [0.1, 0.15) is 50.1 Å². The lowest BCUT2D eigenvalue weighted by Crippen LogP contribution is -2.39. The lowest BCUT2D eigenvalue weighted by atomic mass is 9.98. The normalized spacial score (nSPS) is 24.0. The van der Waals surface area contributed by atoms with Crippen LogP contribution in [-0.4, -0.2) is 31.0 Å². The lowest BCUT2D eigenvalue weighted by Gasteiger charge is -2.27. The first kappa shape index (κ1) is 14.7. The number of fused-ring (bicyclic) bond motifs is 1. The SMILES string of the molecule is COc1ccc2c(c1)C(NCC1(O)CCCC1)CCCO2. The van der Waals surface area contributed by atoms with Crippen LogP contribution in [0.3, 0.4) is 0 Å². The van der Waals surface area contributed by atoms with Crippen molar-refractivity contribution in [2.45, 2.75) is 50.2 Å². The summed E-state index contributed by atoms with van der Waals surface area (Å²) in [6.07, 6.45) is 6.14. The maximum Gasteiger partial charge on any atom is 0.124 e. The summed E-state index contributed by atoms with van der Waals surface area (Å²) < 4.78 is 11.2. The highest BCUT2D eigenvalue weighted by Gasteiger charge is 2.32. The number of rotatable bonds is 4. The molecule has 3 rings (SSSR count). The van der Waals surface area contributed by atoms with Gasteiger partial charge in [-0.05, 0) is 43.9 Å². The van der Waals surface area contributed by atoms with Gasteiger partial charge in [0.15, 0.2) is 0 Å². The highest BCUT2D eigenvalue weighted by molar-refractivity contribution is 5.42. The summed E-state index contributed by atoms with van der Waals surface area (Å²) in [5.41, 5.74) is 0.625. The topological polar surface area (TPSA) is 50.7 Å². The molecule has 21 heavy (non-hydrogen) atoms. The van der Waals surface area contributed by atoms with Crippen molar-refractivity contribution in [1.29, 1.82) is 0 Å². The number of benzene rings is 1. The molecule has 2 N–H and O–H groups in total. The predicted molar refractivity (Wildman–Crippen MR) is 81.9 cm³/mol. The number of ether oxygens (including phenoxy) is 2. The quantitative estimate of drug-likeness (QED) is 0.895. The van der Waals surface area contributed by atoms with Gasteiger partial charge in [-0.3, -0.25) is 0 Å². The van der Waals surface area contributed by atoms with E-state index in [1.807, 2.05) is 12.1 Å². The number of aliphatic hydroxyl groups is 1. The van der Waals surface area contributed by atoms with Crippen LogP contribution in [0.25, 0.3) is 0 Å². The first-order chi connectivity index (χ1) is 10.2. The highest BCUT2D eigenvalue weighted by Crippen LogP contribution is 2.35. The molecule has 1 aromatic carbocycles. The van der Waals surface area contributed by atoms with Crippen LogP contribution < -0.4 is 14.8 Å². The van der Waals surface area contributed by atoms with E-state index >= 15 is 0 Å². The van der Waals surface area contributed by atoms with E-state index in [4.69, 9.17) is 9.47 Å². The van der Waals surface area contributed by atoms with Gasteiger partial charge in [-0.2, -0.15) is 0 Å². The van der Waals surface area contributed by atoms with Crippen LogP contribution in [0, 0.1) is 0 Å². The van der Waals surface area contributed by atoms with Crippen molar-refractivity contribution in [3.63, 3.8) is 0 Å². The third-order valence-corrected chi connectivity index (χ3v) is 4.70. The van der Waals surface area contributed by atoms with Gasteiger partial charge < -0.3 is 19.9 Å². The number of hydrogen-bond donors (Lipinski definition) is 2. The summed E-state index contributed by atoms with van der Waals surface area (Å²) in [5, 5.41) is 14.1. The van der Waals surface area contributed by atoms with Gasteiger partial charge in [0.2, 0.25) is 0 Å². The van der Waals surface area contributed by atoms with Crippen molar-refractivity contribution in [2.24, 2.45) is 0 Å². The maximum absolute atomic E-state index is 10.5. The van der Waals surface area contributed by atoms with Crippen molar-refractivity contribution in [3.8, 4) is 11.5 Å². The van der Waals surface area contributed by atoms with Gasteiger partial charge in [-0.25, -0.2) is 0 Å². The summed E-state index contributed by atoms with van der Waals surface area (Å²) in [6.45, 7) is 1.41. The Morgan fingerprint density at radius 3 is 2.90 bits per heavy atom. The number of methoxy groups -OCH3 is 1. The Bertz CT molecular complexity index is 483. The van der Waals surface area contributed by atoms with Crippen molar-refractivity contribution >= 4 is 0 Å². The molecule has 1 aliphatic carbocycles. The van der Waals surface area contributed by atoms with E-state index in [1.165, 1.54) is 0 Å². The monoisotopic (exact) mass is 291 g/mol. The molecule has 4 heteroatoms. The fraction of sp³-hybridized carbons (Fsp3) is 0.647. The van der Waals surface area contributed by atoms with Crippen molar-refractivity contribution < 1.29 is 14.6 Å². The highest BCUT2D eigenvalue weighted by atomic mass is 16.5. The van der Waals surface area contributed by atoms with Crippen molar-refractivity contribution in [3.05, 3.63) is 23.8 Å². The largest absolute Gasteiger partial charge is 0.497 e. The predicted octanol–water partition coefficient (Wildman–Crippen LogP) is 2.80. The summed E-state index contributed by atoms with van der Waals surface area (Å²) in [5.74, 6) is 1.79. The second-order valence-corrected chi connectivity index (χ2v) is 6.26. The minimum atomic E-state index is -0.522. The first-order valence-electron chi connectivity index (χ1n) is 7.97. The molecule has 4 nitrogen and oxygen atoms in total. The van der Waals surface area contributed by atoms with Gasteiger partial charge in [-0.1, -0.05) is 12.8 Å². The molecule has 0 spiro atoms. The van der Waals surface area contributed by atoms with Gasteiger partial charge in [0.1, 0.15) is 11.5 Å². The van der Waals surface area contributed by atoms with Gasteiger partial charge in [-0.15, -0.1) is 0 Å². The number of hydrogen-bond acceptors (Lipinski definition) is 4. The van der Waals surface area contributed by atoms with Crippen LogP contribution in [0.5, 0.6) is 11.5 Å². The Morgan fingerprint density at radius 1 is 1.33 bits per heavy atom. The van der Waals surface area contributed by atoms with Crippen LogP contribution in [0.4, 0.5) is 0 Å². The average Bonchev–Trinajstić information content (AvgIpc) is 2.83. The van der Waals surface area contributed by atoms with Crippen LogP contribution in [0.15, 0.2) is 18.2 Å². The molecule has 1 fully saturated rings. The van der Waals surface area contributed by atoms with E-state index in [1.54, 1.807) is 7.11 Å². The summed E-state index contributed by atoms with van der Waals surface area (Å²) in [4.78, 5) is 0. The minimum Gasteiger partial charge on any atom is -0.497 e. The molecule has 116 valence electrons. The molecule has 0 aromatic heterocycles. The Morgan fingerprint density at radius 2 is 2.14 bits per heavy atom. The van der Waals surface area contributed by atoms with Gasteiger partial charge in [0, 0.05) is 18.2 Å². The van der Waals surface area contributed by atoms with Crippen molar-refractivity contribution in [2.75, 3.05) is 20.3 Å². The zero-order chi connectivity index (χ0) is 14.7. The summed E-state index contributed by atoms with van der Waals surface area (Å²) in [7, 11) is 1.68. The second kappa shape index (κ2) is 6.24. The molecular weight excluding hydrogens is 266 g/mol. The molecule has 0 radical (unpaired) electrons. The second-order valence-electron chi connectivity index (χ2n) is 6.26. The fourth-order valence-electron chi connectivity index (χ4n) is 3.42. The van der Waals surface area contributed by atoms with E-state index < -0.39 is 5.60 Å². The van der Waals surface area contributed by atoms with Gasteiger partial charge >= 0.3 is 0 Å². The maximum atomic E-state index is 10.5. The molecule has 1 unspecified atom stereocenters. The molecule has 1 heterocycles. The van der Waals surface area contributed by atoms with Crippen molar-refractivity contribution in [1.82, 2.24) is 5.32 Å². The first-order valence-corrected chi connectivity index (χ1v) is 7.97. The molecular formula is C17H25NO3. The van der Waals surface area contributed by atoms with E-state index in [0.29, 0.717) is 6.54 Å². The molecule has 1 saturated carbocycles. The lowest BCUT2D eigenvalue weighted by molar-refractivity contribution is 0.0445. The van der Waals surface area contributed by atoms with E-state index in [-0.39, 0.29) is 6.04 Å². The van der Waals surface area contributed by atoms with Crippen LogP contribution in [0.2, 0.25) is 0 Å².